The molecular formula is C18H21NO4S. The summed E-state index contributed by atoms with van der Waals surface area (Å²) in [6.45, 7) is 3.76. The van der Waals surface area contributed by atoms with Gasteiger partial charge in [0.1, 0.15) is 5.75 Å². The van der Waals surface area contributed by atoms with Crippen LogP contribution in [0.25, 0.3) is 0 Å². The Kier molecular flexibility index (Phi) is 5.29. The van der Waals surface area contributed by atoms with E-state index in [1.807, 2.05) is 19.9 Å². The quantitative estimate of drug-likeness (QED) is 0.903. The molecule has 0 spiro atoms. The molecule has 2 aromatic rings. The summed E-state index contributed by atoms with van der Waals surface area (Å²) >= 11 is 0. The Hall–Kier alpha value is -2.34. The Labute approximate surface area is 142 Å². The lowest BCUT2D eigenvalue weighted by molar-refractivity contribution is 0.0939. The standard InChI is InChI=1S/C18H21NO4S/c1-12-5-6-15(11-17(12)23-3)18(20)19-13(2)14-7-9-16(10-8-14)24(4,21)22/h5-11,13H,1-4H3,(H,19,20). The predicted octanol–water partition coefficient (Wildman–Crippen LogP) is 2.90. The highest BCUT2D eigenvalue weighted by Crippen LogP contribution is 2.20. The molecule has 0 radical (unpaired) electrons. The van der Waals surface area contributed by atoms with Crippen molar-refractivity contribution < 1.29 is 17.9 Å². The van der Waals surface area contributed by atoms with Gasteiger partial charge in [0, 0.05) is 11.8 Å². The second kappa shape index (κ2) is 7.05. The van der Waals surface area contributed by atoms with E-state index in [2.05, 4.69) is 5.32 Å². The van der Waals surface area contributed by atoms with Crippen molar-refractivity contribution in [2.24, 2.45) is 0 Å². The van der Waals surface area contributed by atoms with E-state index in [1.54, 1.807) is 43.5 Å². The van der Waals surface area contributed by atoms with Gasteiger partial charge in [0.05, 0.1) is 18.0 Å². The first-order valence-corrected chi connectivity index (χ1v) is 9.37. The summed E-state index contributed by atoms with van der Waals surface area (Å²) in [5.74, 6) is 0.445. The highest BCUT2D eigenvalue weighted by molar-refractivity contribution is 7.90. The molecule has 0 fully saturated rings. The number of nitrogens with one attached hydrogen (secondary N) is 1. The molecule has 1 unspecified atom stereocenters. The molecule has 2 aromatic carbocycles. The SMILES string of the molecule is COc1cc(C(=O)NC(C)c2ccc(S(C)(=O)=O)cc2)ccc1C. The zero-order valence-corrected chi connectivity index (χ0v) is 15.0. The maximum Gasteiger partial charge on any atom is 0.251 e. The summed E-state index contributed by atoms with van der Waals surface area (Å²) in [6, 6.07) is 11.5. The Balaban J connectivity index is 2.14. The number of carbonyl (C=O) groups excluding carboxylic acids is 1. The number of benzene rings is 2. The van der Waals surface area contributed by atoms with Gasteiger partial charge in [0.25, 0.3) is 5.91 Å². The fourth-order valence-corrected chi connectivity index (χ4v) is 2.96. The van der Waals surface area contributed by atoms with Crippen molar-refractivity contribution in [2.75, 3.05) is 13.4 Å². The fraction of sp³-hybridized carbons (Fsp3) is 0.278. The van der Waals surface area contributed by atoms with Gasteiger partial charge in [-0.2, -0.15) is 0 Å². The number of ether oxygens (including phenoxy) is 1. The first-order valence-electron chi connectivity index (χ1n) is 7.48. The van der Waals surface area contributed by atoms with Gasteiger partial charge >= 0.3 is 0 Å². The van der Waals surface area contributed by atoms with E-state index < -0.39 is 9.84 Å². The summed E-state index contributed by atoms with van der Waals surface area (Å²) in [7, 11) is -1.66. The fourth-order valence-electron chi connectivity index (χ4n) is 2.33. The number of sulfone groups is 1. The number of aryl methyl sites for hydroxylation is 1. The van der Waals surface area contributed by atoms with E-state index in [-0.39, 0.29) is 16.8 Å². The molecule has 128 valence electrons. The third-order valence-corrected chi connectivity index (χ3v) is 4.95. The van der Waals surface area contributed by atoms with Crippen molar-refractivity contribution >= 4 is 15.7 Å². The molecule has 6 heteroatoms. The smallest absolute Gasteiger partial charge is 0.251 e. The molecule has 0 saturated carbocycles. The van der Waals surface area contributed by atoms with Crippen molar-refractivity contribution in [1.29, 1.82) is 0 Å². The number of hydrogen-bond acceptors (Lipinski definition) is 4. The highest BCUT2D eigenvalue weighted by Gasteiger charge is 2.14. The zero-order chi connectivity index (χ0) is 17.9. The number of carbonyl (C=O) groups is 1. The Morgan fingerprint density at radius 3 is 2.29 bits per heavy atom. The normalized spacial score (nSPS) is 12.5. The zero-order valence-electron chi connectivity index (χ0n) is 14.2. The third kappa shape index (κ3) is 4.14. The maximum atomic E-state index is 12.4. The number of amides is 1. The summed E-state index contributed by atoms with van der Waals surface area (Å²) in [5, 5.41) is 2.90. The minimum Gasteiger partial charge on any atom is -0.496 e. The molecule has 2 rings (SSSR count). The van der Waals surface area contributed by atoms with Gasteiger partial charge in [-0.1, -0.05) is 18.2 Å². The van der Waals surface area contributed by atoms with Crippen LogP contribution in [0.5, 0.6) is 5.75 Å². The lowest BCUT2D eigenvalue weighted by Crippen LogP contribution is -2.26. The van der Waals surface area contributed by atoms with Gasteiger partial charge in [0.2, 0.25) is 0 Å². The molecule has 24 heavy (non-hydrogen) atoms. The lowest BCUT2D eigenvalue weighted by Gasteiger charge is -2.15. The Bertz CT molecular complexity index is 842. The van der Waals surface area contributed by atoms with Crippen LogP contribution in [0.4, 0.5) is 0 Å². The van der Waals surface area contributed by atoms with Crippen LogP contribution in [0.1, 0.15) is 34.5 Å². The van der Waals surface area contributed by atoms with Gasteiger partial charge in [-0.3, -0.25) is 4.79 Å². The second-order valence-electron chi connectivity index (χ2n) is 5.72. The van der Waals surface area contributed by atoms with E-state index in [4.69, 9.17) is 4.74 Å². The van der Waals surface area contributed by atoms with Crippen LogP contribution in [0.2, 0.25) is 0 Å². The average Bonchev–Trinajstić information content (AvgIpc) is 2.54. The second-order valence-corrected chi connectivity index (χ2v) is 7.74. The van der Waals surface area contributed by atoms with Crippen LogP contribution in [-0.4, -0.2) is 27.7 Å². The summed E-state index contributed by atoms with van der Waals surface area (Å²) < 4.78 is 28.2. The minimum absolute atomic E-state index is 0.215. The molecule has 0 saturated heterocycles. The molecule has 1 atom stereocenters. The molecular weight excluding hydrogens is 326 g/mol. The number of hydrogen-bond donors (Lipinski definition) is 1. The van der Waals surface area contributed by atoms with Gasteiger partial charge in [-0.25, -0.2) is 8.42 Å². The summed E-state index contributed by atoms with van der Waals surface area (Å²) in [5.41, 5.74) is 2.30. The lowest BCUT2D eigenvalue weighted by atomic mass is 10.1. The maximum absolute atomic E-state index is 12.4. The van der Waals surface area contributed by atoms with Crippen LogP contribution >= 0.6 is 0 Å². The van der Waals surface area contributed by atoms with Crippen molar-refractivity contribution in [2.45, 2.75) is 24.8 Å². The topological polar surface area (TPSA) is 72.5 Å². The first kappa shape index (κ1) is 18.0. The molecule has 0 aromatic heterocycles. The Morgan fingerprint density at radius 1 is 1.12 bits per heavy atom. The first-order chi connectivity index (χ1) is 11.2. The van der Waals surface area contributed by atoms with Crippen molar-refractivity contribution in [3.63, 3.8) is 0 Å². The predicted molar refractivity (Wildman–Crippen MR) is 93.2 cm³/mol. The number of methoxy groups -OCH3 is 1. The van der Waals surface area contributed by atoms with Crippen molar-refractivity contribution in [3.8, 4) is 5.75 Å². The van der Waals surface area contributed by atoms with Gasteiger partial charge in [-0.05, 0) is 49.2 Å². The molecule has 1 amide bonds. The highest BCUT2D eigenvalue weighted by atomic mass is 32.2. The number of rotatable bonds is 5. The van der Waals surface area contributed by atoms with Gasteiger partial charge in [-0.15, -0.1) is 0 Å². The summed E-state index contributed by atoms with van der Waals surface area (Å²) in [4.78, 5) is 12.6. The van der Waals surface area contributed by atoms with Crippen LogP contribution in [-0.2, 0) is 9.84 Å². The van der Waals surface area contributed by atoms with Gasteiger partial charge in [0.15, 0.2) is 9.84 Å². The molecule has 0 aliphatic carbocycles. The molecule has 0 aliphatic rings. The average molecular weight is 347 g/mol. The molecule has 0 aliphatic heterocycles. The molecule has 1 N–H and O–H groups in total. The largest absolute Gasteiger partial charge is 0.496 e. The minimum atomic E-state index is -3.22. The van der Waals surface area contributed by atoms with Crippen LogP contribution < -0.4 is 10.1 Å². The van der Waals surface area contributed by atoms with E-state index >= 15 is 0 Å². The molecule has 5 nitrogen and oxygen atoms in total. The van der Waals surface area contributed by atoms with Crippen molar-refractivity contribution in [1.82, 2.24) is 5.32 Å². The van der Waals surface area contributed by atoms with Crippen LogP contribution in [0.3, 0.4) is 0 Å². The van der Waals surface area contributed by atoms with Crippen molar-refractivity contribution in [3.05, 3.63) is 59.2 Å². The molecule has 0 heterocycles. The summed E-state index contributed by atoms with van der Waals surface area (Å²) in [6.07, 6.45) is 1.16. The monoisotopic (exact) mass is 347 g/mol. The molecule has 0 bridgehead atoms. The van der Waals surface area contributed by atoms with Crippen LogP contribution in [0.15, 0.2) is 47.4 Å². The van der Waals surface area contributed by atoms with E-state index in [0.717, 1.165) is 17.4 Å². The van der Waals surface area contributed by atoms with Gasteiger partial charge < -0.3 is 10.1 Å². The van der Waals surface area contributed by atoms with Crippen LogP contribution in [0, 0.1) is 6.92 Å². The van der Waals surface area contributed by atoms with E-state index in [1.165, 1.54) is 0 Å². The van der Waals surface area contributed by atoms with E-state index in [0.29, 0.717) is 11.3 Å². The third-order valence-electron chi connectivity index (χ3n) is 3.83. The van der Waals surface area contributed by atoms with E-state index in [9.17, 15) is 13.2 Å². The Morgan fingerprint density at radius 2 is 1.75 bits per heavy atom.